The first kappa shape index (κ1) is 12.1. The smallest absolute Gasteiger partial charge is 0.131 e. The van der Waals surface area contributed by atoms with Crippen molar-refractivity contribution in [3.05, 3.63) is 45.8 Å². The van der Waals surface area contributed by atoms with E-state index in [0.717, 1.165) is 23.5 Å². The summed E-state index contributed by atoms with van der Waals surface area (Å²) in [6.07, 6.45) is 1.73. The lowest BCUT2D eigenvalue weighted by Crippen LogP contribution is -2.18. The van der Waals surface area contributed by atoms with E-state index >= 15 is 0 Å². The maximum Gasteiger partial charge on any atom is 0.131 e. The molecule has 2 aromatic heterocycles. The topological polar surface area (TPSA) is 36.4 Å². The lowest BCUT2D eigenvalue weighted by molar-refractivity contribution is 0.281. The number of rotatable bonds is 4. The highest BCUT2D eigenvalue weighted by atomic mass is 32.1. The van der Waals surface area contributed by atoms with E-state index in [0.29, 0.717) is 0 Å². The monoisotopic (exact) mass is 248 g/mol. The Morgan fingerprint density at radius 1 is 1.47 bits per heavy atom. The zero-order chi connectivity index (χ0) is 12.3. The number of nitrogens with zero attached hydrogens (tertiary/aromatic N) is 2. The van der Waals surface area contributed by atoms with Crippen molar-refractivity contribution in [1.29, 1.82) is 0 Å². The molecule has 2 rings (SSSR count). The number of thiophene rings is 1. The van der Waals surface area contributed by atoms with Gasteiger partial charge in [0.2, 0.25) is 0 Å². The Hall–Kier alpha value is -1.39. The quantitative estimate of drug-likeness (QED) is 0.903. The molecule has 0 saturated heterocycles. The van der Waals surface area contributed by atoms with Crippen molar-refractivity contribution in [1.82, 2.24) is 4.98 Å². The van der Waals surface area contributed by atoms with Gasteiger partial charge in [-0.05, 0) is 35.6 Å². The first-order chi connectivity index (χ1) is 8.20. The fourth-order valence-corrected chi connectivity index (χ4v) is 2.58. The summed E-state index contributed by atoms with van der Waals surface area (Å²) in [5, 5.41) is 11.1. The standard InChI is InChI=1S/C13H16N2OS/c1-10-6-11(9-16)7-14-13(10)15(2)8-12-4-3-5-17-12/h3-7,16H,8-9H2,1-2H3. The van der Waals surface area contributed by atoms with Crippen LogP contribution in [0.3, 0.4) is 0 Å². The third kappa shape index (κ3) is 2.84. The van der Waals surface area contributed by atoms with Crippen molar-refractivity contribution in [2.75, 3.05) is 11.9 Å². The van der Waals surface area contributed by atoms with E-state index in [4.69, 9.17) is 5.11 Å². The summed E-state index contributed by atoms with van der Waals surface area (Å²) >= 11 is 1.75. The van der Waals surface area contributed by atoms with Gasteiger partial charge in [-0.25, -0.2) is 4.98 Å². The molecule has 90 valence electrons. The summed E-state index contributed by atoms with van der Waals surface area (Å²) in [7, 11) is 2.04. The summed E-state index contributed by atoms with van der Waals surface area (Å²) in [4.78, 5) is 7.85. The van der Waals surface area contributed by atoms with Crippen LogP contribution in [-0.2, 0) is 13.2 Å². The molecule has 0 amide bonds. The Bertz CT molecular complexity index is 482. The highest BCUT2D eigenvalue weighted by Crippen LogP contribution is 2.20. The van der Waals surface area contributed by atoms with E-state index in [1.54, 1.807) is 17.5 Å². The summed E-state index contributed by atoms with van der Waals surface area (Å²) in [5.74, 6) is 0.968. The van der Waals surface area contributed by atoms with Gasteiger partial charge in [-0.15, -0.1) is 11.3 Å². The van der Waals surface area contributed by atoms with Gasteiger partial charge in [-0.3, -0.25) is 0 Å². The molecule has 0 saturated carbocycles. The van der Waals surface area contributed by atoms with Gasteiger partial charge in [0, 0.05) is 18.1 Å². The van der Waals surface area contributed by atoms with Crippen LogP contribution in [0.25, 0.3) is 0 Å². The maximum atomic E-state index is 9.05. The summed E-state index contributed by atoms with van der Waals surface area (Å²) in [5.41, 5.74) is 1.95. The molecule has 0 aliphatic rings. The van der Waals surface area contributed by atoms with Crippen LogP contribution < -0.4 is 4.90 Å². The van der Waals surface area contributed by atoms with Gasteiger partial charge in [-0.1, -0.05) is 6.07 Å². The highest BCUT2D eigenvalue weighted by molar-refractivity contribution is 7.09. The molecule has 0 spiro atoms. The second-order valence-corrected chi connectivity index (χ2v) is 5.11. The van der Waals surface area contributed by atoms with Gasteiger partial charge in [0.15, 0.2) is 0 Å². The van der Waals surface area contributed by atoms with E-state index in [1.807, 2.05) is 20.0 Å². The van der Waals surface area contributed by atoms with Crippen LogP contribution in [0.5, 0.6) is 0 Å². The van der Waals surface area contributed by atoms with E-state index < -0.39 is 0 Å². The Balaban J connectivity index is 2.16. The SMILES string of the molecule is Cc1cc(CO)cnc1N(C)Cc1cccs1. The van der Waals surface area contributed by atoms with Gasteiger partial charge >= 0.3 is 0 Å². The predicted molar refractivity (Wildman–Crippen MR) is 71.3 cm³/mol. The number of aryl methyl sites for hydroxylation is 1. The Labute approximate surface area is 105 Å². The van der Waals surface area contributed by atoms with Crippen LogP contribution in [-0.4, -0.2) is 17.1 Å². The van der Waals surface area contributed by atoms with Gasteiger partial charge in [0.05, 0.1) is 13.2 Å². The summed E-state index contributed by atoms with van der Waals surface area (Å²) < 4.78 is 0. The summed E-state index contributed by atoms with van der Waals surface area (Å²) in [6.45, 7) is 2.93. The van der Waals surface area contributed by atoms with Crippen molar-refractivity contribution in [3.8, 4) is 0 Å². The normalized spacial score (nSPS) is 10.5. The molecular weight excluding hydrogens is 232 g/mol. The number of anilines is 1. The molecular formula is C13H16N2OS. The molecule has 0 aliphatic carbocycles. The number of aromatic nitrogens is 1. The van der Waals surface area contributed by atoms with Gasteiger partial charge in [0.1, 0.15) is 5.82 Å². The average molecular weight is 248 g/mol. The van der Waals surface area contributed by atoms with E-state index in [9.17, 15) is 0 Å². The number of aliphatic hydroxyl groups is 1. The van der Waals surface area contributed by atoms with E-state index in [1.165, 1.54) is 4.88 Å². The van der Waals surface area contributed by atoms with Gasteiger partial charge in [0.25, 0.3) is 0 Å². The largest absolute Gasteiger partial charge is 0.392 e. The highest BCUT2D eigenvalue weighted by Gasteiger charge is 2.08. The van der Waals surface area contributed by atoms with Crippen molar-refractivity contribution in [2.24, 2.45) is 0 Å². The second kappa shape index (κ2) is 5.29. The van der Waals surface area contributed by atoms with Crippen LogP contribution in [0, 0.1) is 6.92 Å². The molecule has 0 aliphatic heterocycles. The van der Waals surface area contributed by atoms with Crippen LogP contribution >= 0.6 is 11.3 Å². The predicted octanol–water partition coefficient (Wildman–Crippen LogP) is 2.58. The minimum Gasteiger partial charge on any atom is -0.392 e. The third-order valence-electron chi connectivity index (χ3n) is 2.62. The zero-order valence-corrected chi connectivity index (χ0v) is 10.9. The number of pyridine rings is 1. The Morgan fingerprint density at radius 2 is 2.29 bits per heavy atom. The molecule has 0 bridgehead atoms. The molecule has 17 heavy (non-hydrogen) atoms. The maximum absolute atomic E-state index is 9.05. The molecule has 0 radical (unpaired) electrons. The van der Waals surface area contributed by atoms with Gasteiger partial charge < -0.3 is 10.0 Å². The molecule has 2 heterocycles. The van der Waals surface area contributed by atoms with E-state index in [-0.39, 0.29) is 6.61 Å². The first-order valence-corrected chi connectivity index (χ1v) is 6.38. The van der Waals surface area contributed by atoms with Crippen LogP contribution in [0.15, 0.2) is 29.8 Å². The fourth-order valence-electron chi connectivity index (χ4n) is 1.82. The number of hydrogen-bond acceptors (Lipinski definition) is 4. The van der Waals surface area contributed by atoms with Crippen molar-refractivity contribution in [3.63, 3.8) is 0 Å². The van der Waals surface area contributed by atoms with Crippen LogP contribution in [0.1, 0.15) is 16.0 Å². The summed E-state index contributed by atoms with van der Waals surface area (Å²) in [6, 6.07) is 6.16. The molecule has 1 N–H and O–H groups in total. The minimum atomic E-state index is 0.0444. The van der Waals surface area contributed by atoms with E-state index in [2.05, 4.69) is 27.4 Å². The Morgan fingerprint density at radius 3 is 2.88 bits per heavy atom. The third-order valence-corrected chi connectivity index (χ3v) is 3.49. The molecule has 0 aromatic carbocycles. The lowest BCUT2D eigenvalue weighted by atomic mass is 10.2. The average Bonchev–Trinajstić information content (AvgIpc) is 2.81. The van der Waals surface area contributed by atoms with Crippen molar-refractivity contribution in [2.45, 2.75) is 20.1 Å². The Kier molecular flexibility index (Phi) is 3.76. The van der Waals surface area contributed by atoms with Crippen molar-refractivity contribution < 1.29 is 5.11 Å². The van der Waals surface area contributed by atoms with Crippen molar-refractivity contribution >= 4 is 17.2 Å². The molecule has 4 heteroatoms. The molecule has 0 unspecified atom stereocenters. The van der Waals surface area contributed by atoms with Crippen LogP contribution in [0.2, 0.25) is 0 Å². The molecule has 3 nitrogen and oxygen atoms in total. The van der Waals surface area contributed by atoms with Crippen LogP contribution in [0.4, 0.5) is 5.82 Å². The number of hydrogen-bond donors (Lipinski definition) is 1. The lowest BCUT2D eigenvalue weighted by Gasteiger charge is -2.19. The molecule has 0 fully saturated rings. The van der Waals surface area contributed by atoms with Gasteiger partial charge in [-0.2, -0.15) is 0 Å². The first-order valence-electron chi connectivity index (χ1n) is 5.50. The zero-order valence-electron chi connectivity index (χ0n) is 10.1. The molecule has 2 aromatic rings. The fraction of sp³-hybridized carbons (Fsp3) is 0.308. The molecule has 0 atom stereocenters. The minimum absolute atomic E-state index is 0.0444. The second-order valence-electron chi connectivity index (χ2n) is 4.08. The number of aliphatic hydroxyl groups excluding tert-OH is 1.